The van der Waals surface area contributed by atoms with Crippen molar-refractivity contribution in [3.8, 4) is 17.2 Å². The standard InChI is InChI=1S/C17H19NO5/c1-4-23-15-6-5-9-18(17(15)20)11-14(19)13-8-7-12(21-2)10-16(13)22-3/h5-10H,4,11H2,1-3H3. The van der Waals surface area contributed by atoms with E-state index < -0.39 is 0 Å². The number of benzene rings is 1. The van der Waals surface area contributed by atoms with Crippen molar-refractivity contribution in [3.05, 3.63) is 52.4 Å². The maximum absolute atomic E-state index is 12.5. The van der Waals surface area contributed by atoms with Crippen molar-refractivity contribution in [2.75, 3.05) is 20.8 Å². The molecular weight excluding hydrogens is 298 g/mol. The molecule has 0 radical (unpaired) electrons. The molecule has 2 rings (SSSR count). The molecule has 6 heteroatoms. The van der Waals surface area contributed by atoms with Gasteiger partial charge in [0.15, 0.2) is 11.5 Å². The predicted octanol–water partition coefficient (Wildman–Crippen LogP) is 2.15. The van der Waals surface area contributed by atoms with E-state index in [1.165, 1.54) is 18.8 Å². The number of hydrogen-bond donors (Lipinski definition) is 0. The van der Waals surface area contributed by atoms with Crippen LogP contribution in [0.25, 0.3) is 0 Å². The largest absolute Gasteiger partial charge is 0.497 e. The zero-order chi connectivity index (χ0) is 16.8. The van der Waals surface area contributed by atoms with Gasteiger partial charge in [-0.25, -0.2) is 0 Å². The normalized spacial score (nSPS) is 10.2. The predicted molar refractivity (Wildman–Crippen MR) is 85.7 cm³/mol. The summed E-state index contributed by atoms with van der Waals surface area (Å²) in [6.45, 7) is 2.09. The second-order valence-corrected chi connectivity index (χ2v) is 4.73. The quantitative estimate of drug-likeness (QED) is 0.732. The Bertz CT molecular complexity index is 751. The zero-order valence-corrected chi connectivity index (χ0v) is 13.4. The number of aromatic nitrogens is 1. The molecule has 0 spiro atoms. The minimum absolute atomic E-state index is 0.0948. The summed E-state index contributed by atoms with van der Waals surface area (Å²) in [4.78, 5) is 24.7. The van der Waals surface area contributed by atoms with Crippen LogP contribution in [-0.4, -0.2) is 31.2 Å². The number of methoxy groups -OCH3 is 2. The lowest BCUT2D eigenvalue weighted by Crippen LogP contribution is -2.25. The fourth-order valence-electron chi connectivity index (χ4n) is 2.17. The highest BCUT2D eigenvalue weighted by Crippen LogP contribution is 2.25. The Balaban J connectivity index is 2.29. The molecule has 0 bridgehead atoms. The molecule has 0 aliphatic rings. The number of nitrogens with zero attached hydrogens (tertiary/aromatic N) is 1. The van der Waals surface area contributed by atoms with Gasteiger partial charge in [-0.1, -0.05) is 0 Å². The molecule has 0 unspecified atom stereocenters. The van der Waals surface area contributed by atoms with E-state index in [1.54, 1.807) is 43.5 Å². The summed E-state index contributed by atoms with van der Waals surface area (Å²) in [5.74, 6) is 0.988. The van der Waals surface area contributed by atoms with Gasteiger partial charge in [-0.05, 0) is 31.2 Å². The van der Waals surface area contributed by atoms with Crippen molar-refractivity contribution in [1.29, 1.82) is 0 Å². The second-order valence-electron chi connectivity index (χ2n) is 4.73. The van der Waals surface area contributed by atoms with Crippen LogP contribution in [0.5, 0.6) is 17.2 Å². The molecule has 0 aliphatic heterocycles. The first kappa shape index (κ1) is 16.6. The minimum atomic E-state index is -0.338. The van der Waals surface area contributed by atoms with Crippen LogP contribution in [0.1, 0.15) is 17.3 Å². The lowest BCUT2D eigenvalue weighted by atomic mass is 10.1. The van der Waals surface area contributed by atoms with Crippen LogP contribution >= 0.6 is 0 Å². The van der Waals surface area contributed by atoms with E-state index in [0.717, 1.165) is 0 Å². The average molecular weight is 317 g/mol. The number of Topliss-reactive ketones (excluding diaryl/α,β-unsaturated/α-hetero) is 1. The molecule has 6 nitrogen and oxygen atoms in total. The van der Waals surface area contributed by atoms with Crippen molar-refractivity contribution in [1.82, 2.24) is 4.57 Å². The third kappa shape index (κ3) is 3.71. The van der Waals surface area contributed by atoms with Gasteiger partial charge in [-0.15, -0.1) is 0 Å². The van der Waals surface area contributed by atoms with Crippen LogP contribution in [0.3, 0.4) is 0 Å². The number of ether oxygens (including phenoxy) is 3. The molecule has 1 heterocycles. The van der Waals surface area contributed by atoms with Gasteiger partial charge in [-0.2, -0.15) is 0 Å². The van der Waals surface area contributed by atoms with Gasteiger partial charge < -0.3 is 18.8 Å². The van der Waals surface area contributed by atoms with E-state index in [2.05, 4.69) is 0 Å². The molecule has 2 aromatic rings. The molecule has 1 aromatic carbocycles. The number of carbonyl (C=O) groups is 1. The van der Waals surface area contributed by atoms with Crippen LogP contribution in [0, 0.1) is 0 Å². The molecule has 23 heavy (non-hydrogen) atoms. The Morgan fingerprint density at radius 1 is 1.13 bits per heavy atom. The summed E-state index contributed by atoms with van der Waals surface area (Å²) in [6, 6.07) is 8.19. The molecule has 0 atom stereocenters. The molecule has 0 N–H and O–H groups in total. The van der Waals surface area contributed by atoms with Gasteiger partial charge in [0.1, 0.15) is 11.5 Å². The Kier molecular flexibility index (Phi) is 5.41. The van der Waals surface area contributed by atoms with Crippen LogP contribution in [-0.2, 0) is 6.54 Å². The summed E-state index contributed by atoms with van der Waals surface area (Å²) < 4.78 is 16.9. The van der Waals surface area contributed by atoms with Crippen LogP contribution in [0.4, 0.5) is 0 Å². The van der Waals surface area contributed by atoms with E-state index >= 15 is 0 Å². The molecular formula is C17H19NO5. The first-order chi connectivity index (χ1) is 11.1. The van der Waals surface area contributed by atoms with Crippen LogP contribution in [0.2, 0.25) is 0 Å². The molecule has 0 aliphatic carbocycles. The van der Waals surface area contributed by atoms with Crippen molar-refractivity contribution in [2.24, 2.45) is 0 Å². The van der Waals surface area contributed by atoms with E-state index in [0.29, 0.717) is 23.7 Å². The highest BCUT2D eigenvalue weighted by Gasteiger charge is 2.15. The molecule has 0 saturated heterocycles. The fraction of sp³-hybridized carbons (Fsp3) is 0.294. The van der Waals surface area contributed by atoms with Gasteiger partial charge in [0.25, 0.3) is 5.56 Å². The van der Waals surface area contributed by atoms with Gasteiger partial charge in [0.05, 0.1) is 32.9 Å². The summed E-state index contributed by atoms with van der Waals surface area (Å²) in [6.07, 6.45) is 1.55. The second kappa shape index (κ2) is 7.49. The summed E-state index contributed by atoms with van der Waals surface area (Å²) >= 11 is 0. The number of pyridine rings is 1. The van der Waals surface area contributed by atoms with Gasteiger partial charge in [-0.3, -0.25) is 9.59 Å². The average Bonchev–Trinajstić information content (AvgIpc) is 2.57. The van der Waals surface area contributed by atoms with E-state index in [-0.39, 0.29) is 23.6 Å². The first-order valence-electron chi connectivity index (χ1n) is 7.18. The lowest BCUT2D eigenvalue weighted by molar-refractivity contribution is 0.0967. The number of rotatable bonds is 7. The van der Waals surface area contributed by atoms with E-state index in [9.17, 15) is 9.59 Å². The van der Waals surface area contributed by atoms with E-state index in [4.69, 9.17) is 14.2 Å². The summed E-state index contributed by atoms with van der Waals surface area (Å²) in [5.41, 5.74) is 0.0530. The van der Waals surface area contributed by atoms with Gasteiger partial charge in [0.2, 0.25) is 0 Å². The van der Waals surface area contributed by atoms with Crippen LogP contribution in [0.15, 0.2) is 41.3 Å². The summed E-state index contributed by atoms with van der Waals surface area (Å²) in [5, 5.41) is 0. The Hall–Kier alpha value is -2.76. The number of carbonyl (C=O) groups excluding carboxylic acids is 1. The molecule has 122 valence electrons. The third-order valence-corrected chi connectivity index (χ3v) is 3.31. The first-order valence-corrected chi connectivity index (χ1v) is 7.18. The van der Waals surface area contributed by atoms with Crippen molar-refractivity contribution in [3.63, 3.8) is 0 Å². The van der Waals surface area contributed by atoms with Crippen LogP contribution < -0.4 is 19.8 Å². The smallest absolute Gasteiger partial charge is 0.293 e. The lowest BCUT2D eigenvalue weighted by Gasteiger charge is -2.11. The van der Waals surface area contributed by atoms with Gasteiger partial charge >= 0.3 is 0 Å². The maximum Gasteiger partial charge on any atom is 0.293 e. The number of hydrogen-bond acceptors (Lipinski definition) is 5. The molecule has 1 aromatic heterocycles. The zero-order valence-electron chi connectivity index (χ0n) is 13.4. The van der Waals surface area contributed by atoms with Crippen molar-refractivity contribution < 1.29 is 19.0 Å². The van der Waals surface area contributed by atoms with E-state index in [1.807, 2.05) is 0 Å². The summed E-state index contributed by atoms with van der Waals surface area (Å²) in [7, 11) is 3.02. The Morgan fingerprint density at radius 2 is 1.91 bits per heavy atom. The molecule has 0 saturated carbocycles. The van der Waals surface area contributed by atoms with Crippen molar-refractivity contribution >= 4 is 5.78 Å². The SMILES string of the molecule is CCOc1cccn(CC(=O)c2ccc(OC)cc2OC)c1=O. The Labute approximate surface area is 134 Å². The Morgan fingerprint density at radius 3 is 2.57 bits per heavy atom. The third-order valence-electron chi connectivity index (χ3n) is 3.31. The maximum atomic E-state index is 12.5. The monoisotopic (exact) mass is 317 g/mol. The highest BCUT2D eigenvalue weighted by atomic mass is 16.5. The fourth-order valence-corrected chi connectivity index (χ4v) is 2.17. The number of ketones is 1. The molecule has 0 fully saturated rings. The van der Waals surface area contributed by atoms with Crippen molar-refractivity contribution in [2.45, 2.75) is 13.5 Å². The minimum Gasteiger partial charge on any atom is -0.497 e. The molecule has 0 amide bonds. The highest BCUT2D eigenvalue weighted by molar-refractivity contribution is 5.98. The topological polar surface area (TPSA) is 66.8 Å². The van der Waals surface area contributed by atoms with Gasteiger partial charge in [0, 0.05) is 12.3 Å².